The predicted octanol–water partition coefficient (Wildman–Crippen LogP) is 2.29. The van der Waals surface area contributed by atoms with Crippen molar-refractivity contribution in [2.75, 3.05) is 5.75 Å². The Morgan fingerprint density at radius 1 is 1.22 bits per heavy atom. The van der Waals surface area contributed by atoms with Crippen molar-refractivity contribution in [1.82, 2.24) is 0 Å². The third-order valence-corrected chi connectivity index (χ3v) is 5.49. The Hall–Kier alpha value is 0.350. The van der Waals surface area contributed by atoms with Crippen molar-refractivity contribution in [3.8, 4) is 0 Å². The molecular formula is C8H12S. The summed E-state index contributed by atoms with van der Waals surface area (Å²) in [5.41, 5.74) is 0.935. The highest BCUT2D eigenvalue weighted by Crippen LogP contribution is 2.69. The van der Waals surface area contributed by atoms with Crippen LogP contribution in [0.25, 0.3) is 0 Å². The van der Waals surface area contributed by atoms with E-state index in [0.29, 0.717) is 0 Å². The van der Waals surface area contributed by atoms with Crippen LogP contribution in [0.2, 0.25) is 0 Å². The first-order valence-corrected chi connectivity index (χ1v) is 5.08. The van der Waals surface area contributed by atoms with Crippen molar-refractivity contribution in [3.05, 3.63) is 0 Å². The standard InChI is InChI=1S/C8H12S/c1-3-8-4-2-7(8)9-5-6(1)8/h6-7H,1-5H2. The molecule has 3 atom stereocenters. The van der Waals surface area contributed by atoms with Gasteiger partial charge in [0.15, 0.2) is 0 Å². The molecule has 2 saturated carbocycles. The third kappa shape index (κ3) is 0.391. The van der Waals surface area contributed by atoms with E-state index in [0.717, 1.165) is 10.7 Å². The molecule has 2 aliphatic carbocycles. The van der Waals surface area contributed by atoms with Gasteiger partial charge in [0.25, 0.3) is 0 Å². The van der Waals surface area contributed by atoms with Crippen LogP contribution in [0.1, 0.15) is 25.7 Å². The minimum absolute atomic E-state index is 0.935. The minimum atomic E-state index is 0.935. The molecule has 0 aromatic rings. The molecule has 0 aromatic carbocycles. The second kappa shape index (κ2) is 1.34. The van der Waals surface area contributed by atoms with E-state index in [4.69, 9.17) is 0 Å². The Bertz CT molecular complexity index is 135. The summed E-state index contributed by atoms with van der Waals surface area (Å²) in [6, 6.07) is 0. The lowest BCUT2D eigenvalue weighted by Crippen LogP contribution is -2.50. The summed E-state index contributed by atoms with van der Waals surface area (Å²) >= 11 is 2.26. The van der Waals surface area contributed by atoms with Crippen LogP contribution in [-0.4, -0.2) is 11.0 Å². The molecule has 0 aromatic heterocycles. The lowest BCUT2D eigenvalue weighted by atomic mass is 9.50. The van der Waals surface area contributed by atoms with Crippen molar-refractivity contribution < 1.29 is 0 Å². The molecule has 0 amide bonds. The van der Waals surface area contributed by atoms with E-state index in [-0.39, 0.29) is 0 Å². The van der Waals surface area contributed by atoms with E-state index >= 15 is 0 Å². The summed E-state index contributed by atoms with van der Waals surface area (Å²) < 4.78 is 0. The van der Waals surface area contributed by atoms with Crippen LogP contribution in [0.5, 0.6) is 0 Å². The van der Waals surface area contributed by atoms with E-state index in [9.17, 15) is 0 Å². The Morgan fingerprint density at radius 2 is 2.11 bits per heavy atom. The normalized spacial score (nSPS) is 61.3. The van der Waals surface area contributed by atoms with Gasteiger partial charge < -0.3 is 0 Å². The van der Waals surface area contributed by atoms with Gasteiger partial charge in [-0.1, -0.05) is 0 Å². The minimum Gasteiger partial charge on any atom is -0.158 e. The molecule has 1 spiro atoms. The fraction of sp³-hybridized carbons (Fsp3) is 1.00. The quantitative estimate of drug-likeness (QED) is 0.497. The van der Waals surface area contributed by atoms with Crippen molar-refractivity contribution in [1.29, 1.82) is 0 Å². The molecule has 9 heavy (non-hydrogen) atoms. The molecule has 3 fully saturated rings. The molecule has 3 unspecified atom stereocenters. The van der Waals surface area contributed by atoms with E-state index < -0.39 is 0 Å². The SMILES string of the molecule is C1CC23CCC2SCC13. The molecule has 0 nitrogen and oxygen atoms in total. The van der Waals surface area contributed by atoms with Gasteiger partial charge in [0.2, 0.25) is 0 Å². The maximum Gasteiger partial charge on any atom is 0.0107 e. The molecule has 0 N–H and O–H groups in total. The monoisotopic (exact) mass is 140 g/mol. The highest BCUT2D eigenvalue weighted by molar-refractivity contribution is 8.00. The average molecular weight is 140 g/mol. The van der Waals surface area contributed by atoms with Crippen LogP contribution in [0.15, 0.2) is 0 Å². The van der Waals surface area contributed by atoms with Gasteiger partial charge in [0.05, 0.1) is 0 Å². The molecule has 1 saturated heterocycles. The van der Waals surface area contributed by atoms with Crippen LogP contribution in [-0.2, 0) is 0 Å². The molecule has 3 rings (SSSR count). The number of hydrogen-bond donors (Lipinski definition) is 0. The van der Waals surface area contributed by atoms with Gasteiger partial charge in [0.1, 0.15) is 0 Å². The maximum atomic E-state index is 2.26. The molecule has 1 aliphatic heterocycles. The van der Waals surface area contributed by atoms with Crippen LogP contribution in [0.4, 0.5) is 0 Å². The molecule has 50 valence electrons. The largest absolute Gasteiger partial charge is 0.158 e. The van der Waals surface area contributed by atoms with Crippen LogP contribution >= 0.6 is 11.8 Å². The second-order valence-electron chi connectivity index (χ2n) is 3.83. The lowest BCUT2D eigenvalue weighted by Gasteiger charge is -2.55. The number of rotatable bonds is 0. The Balaban J connectivity index is 1.97. The molecule has 3 aliphatic rings. The maximum absolute atomic E-state index is 2.26. The number of thioether (sulfide) groups is 1. The van der Waals surface area contributed by atoms with Gasteiger partial charge in [-0.2, -0.15) is 11.8 Å². The van der Waals surface area contributed by atoms with Crippen molar-refractivity contribution in [3.63, 3.8) is 0 Å². The first kappa shape index (κ1) is 5.06. The smallest absolute Gasteiger partial charge is 0.0107 e. The van der Waals surface area contributed by atoms with Gasteiger partial charge in [-0.15, -0.1) is 0 Å². The second-order valence-corrected chi connectivity index (χ2v) is 5.07. The molecule has 1 heteroatoms. The van der Waals surface area contributed by atoms with Crippen molar-refractivity contribution in [2.24, 2.45) is 11.3 Å². The Labute approximate surface area is 60.4 Å². The van der Waals surface area contributed by atoms with Crippen LogP contribution in [0, 0.1) is 11.3 Å². The fourth-order valence-electron chi connectivity index (χ4n) is 2.84. The van der Waals surface area contributed by atoms with Gasteiger partial charge in [-0.3, -0.25) is 0 Å². The zero-order valence-electron chi connectivity index (χ0n) is 5.60. The Morgan fingerprint density at radius 3 is 2.44 bits per heavy atom. The van der Waals surface area contributed by atoms with Crippen LogP contribution < -0.4 is 0 Å². The van der Waals surface area contributed by atoms with E-state index in [1.807, 2.05) is 0 Å². The number of hydrogen-bond acceptors (Lipinski definition) is 1. The summed E-state index contributed by atoms with van der Waals surface area (Å²) in [5.74, 6) is 2.67. The zero-order chi connectivity index (χ0) is 5.90. The van der Waals surface area contributed by atoms with Gasteiger partial charge in [-0.25, -0.2) is 0 Å². The summed E-state index contributed by atoms with van der Waals surface area (Å²) in [6.45, 7) is 0. The first-order chi connectivity index (χ1) is 4.42. The predicted molar refractivity (Wildman–Crippen MR) is 40.6 cm³/mol. The van der Waals surface area contributed by atoms with Gasteiger partial charge >= 0.3 is 0 Å². The highest BCUT2D eigenvalue weighted by Gasteiger charge is 2.61. The molecular weight excluding hydrogens is 128 g/mol. The molecule has 0 bridgehead atoms. The zero-order valence-corrected chi connectivity index (χ0v) is 6.41. The van der Waals surface area contributed by atoms with E-state index in [1.54, 1.807) is 25.7 Å². The Kier molecular flexibility index (Phi) is 0.753. The summed E-state index contributed by atoms with van der Waals surface area (Å²) in [6.07, 6.45) is 6.26. The fourth-order valence-corrected chi connectivity index (χ4v) is 4.84. The summed E-state index contributed by atoms with van der Waals surface area (Å²) in [7, 11) is 0. The summed E-state index contributed by atoms with van der Waals surface area (Å²) in [5, 5.41) is 1.12. The van der Waals surface area contributed by atoms with Crippen LogP contribution in [0.3, 0.4) is 0 Å². The van der Waals surface area contributed by atoms with Gasteiger partial charge in [-0.05, 0) is 42.8 Å². The summed E-state index contributed by atoms with van der Waals surface area (Å²) in [4.78, 5) is 0. The van der Waals surface area contributed by atoms with E-state index in [2.05, 4.69) is 11.8 Å². The topological polar surface area (TPSA) is 0 Å². The van der Waals surface area contributed by atoms with Crippen molar-refractivity contribution in [2.45, 2.75) is 30.9 Å². The van der Waals surface area contributed by atoms with E-state index in [1.165, 1.54) is 11.7 Å². The highest BCUT2D eigenvalue weighted by atomic mass is 32.2. The third-order valence-electron chi connectivity index (χ3n) is 3.78. The average Bonchev–Trinajstić information content (AvgIpc) is 1.85. The lowest BCUT2D eigenvalue weighted by molar-refractivity contribution is -0.0126. The molecule has 1 heterocycles. The molecule has 0 radical (unpaired) electrons. The first-order valence-electron chi connectivity index (χ1n) is 4.03. The van der Waals surface area contributed by atoms with Gasteiger partial charge in [0, 0.05) is 5.25 Å². The van der Waals surface area contributed by atoms with Crippen molar-refractivity contribution >= 4 is 11.8 Å².